The largest absolute Gasteiger partial charge is 0.481 e. The number of carboxylic acid groups (broad SMARTS) is 1. The number of aromatic nitrogens is 1. The normalized spacial score (nSPS) is 17.9. The summed E-state index contributed by atoms with van der Waals surface area (Å²) < 4.78 is 71.6. The fourth-order valence-electron chi connectivity index (χ4n) is 4.18. The number of allylic oxidation sites excluding steroid dienone is 3. The van der Waals surface area contributed by atoms with Crippen LogP contribution in [0.15, 0.2) is 70.3 Å². The zero-order valence-corrected chi connectivity index (χ0v) is 19.0. The molecule has 1 aromatic carbocycles. The molecular weight excluding hydrogens is 471 g/mol. The summed E-state index contributed by atoms with van der Waals surface area (Å²) in [5, 5.41) is 11.9. The highest BCUT2D eigenvalue weighted by molar-refractivity contribution is 7.89. The molecule has 2 aromatic rings. The Balaban J connectivity index is 1.75. The third-order valence-electron chi connectivity index (χ3n) is 5.63. The maximum atomic E-state index is 15.1. The van der Waals surface area contributed by atoms with Crippen molar-refractivity contribution in [3.63, 3.8) is 0 Å². The molecule has 0 bridgehead atoms. The minimum atomic E-state index is -4.66. The van der Waals surface area contributed by atoms with Gasteiger partial charge in [0.1, 0.15) is 22.4 Å². The van der Waals surface area contributed by atoms with Gasteiger partial charge in [-0.1, -0.05) is 0 Å². The Bertz CT molecular complexity index is 1400. The topological polar surface area (TPSA) is 99.6 Å². The van der Waals surface area contributed by atoms with Crippen molar-refractivity contribution in [1.82, 2.24) is 9.29 Å². The number of sulfonamides is 1. The van der Waals surface area contributed by atoms with E-state index in [9.17, 15) is 27.1 Å². The minimum absolute atomic E-state index is 0.0228. The number of halogens is 3. The maximum absolute atomic E-state index is 15.1. The van der Waals surface area contributed by atoms with Gasteiger partial charge in [0, 0.05) is 18.0 Å². The summed E-state index contributed by atoms with van der Waals surface area (Å²) >= 11 is 0. The first-order chi connectivity index (χ1) is 16.0. The van der Waals surface area contributed by atoms with E-state index in [1.807, 2.05) is 0 Å². The van der Waals surface area contributed by atoms with E-state index < -0.39 is 50.8 Å². The van der Waals surface area contributed by atoms with Crippen molar-refractivity contribution in [3.8, 4) is 0 Å². The van der Waals surface area contributed by atoms with Gasteiger partial charge >= 0.3 is 5.97 Å². The smallest absolute Gasteiger partial charge is 0.307 e. The Hall–Kier alpha value is -3.60. The maximum Gasteiger partial charge on any atom is 0.307 e. The van der Waals surface area contributed by atoms with Crippen molar-refractivity contribution in [2.75, 3.05) is 5.32 Å². The van der Waals surface area contributed by atoms with Crippen molar-refractivity contribution in [2.45, 2.75) is 37.6 Å². The van der Waals surface area contributed by atoms with Crippen molar-refractivity contribution in [1.29, 1.82) is 0 Å². The first-order valence-corrected chi connectivity index (χ1v) is 11.6. The number of aliphatic carboxylic acids is 1. The van der Waals surface area contributed by atoms with Crippen LogP contribution in [0.25, 0.3) is 0 Å². The quantitative estimate of drug-likeness (QED) is 0.607. The average molecular weight is 491 g/mol. The van der Waals surface area contributed by atoms with E-state index in [1.54, 1.807) is 19.2 Å². The molecule has 2 heterocycles. The number of hydrogen-bond donors (Lipinski definition) is 2. The molecule has 0 fully saturated rings. The van der Waals surface area contributed by atoms with Gasteiger partial charge in [0.25, 0.3) is 10.0 Å². The Morgan fingerprint density at radius 2 is 1.91 bits per heavy atom. The Morgan fingerprint density at radius 3 is 2.59 bits per heavy atom. The van der Waals surface area contributed by atoms with Crippen LogP contribution in [0, 0.1) is 18.6 Å². The van der Waals surface area contributed by atoms with Crippen LogP contribution in [0.4, 0.5) is 24.5 Å². The van der Waals surface area contributed by atoms with Crippen LogP contribution < -0.4 is 5.32 Å². The second-order valence-corrected chi connectivity index (χ2v) is 9.80. The van der Waals surface area contributed by atoms with Gasteiger partial charge in [0.15, 0.2) is 0 Å². The van der Waals surface area contributed by atoms with Gasteiger partial charge in [0.2, 0.25) is 0 Å². The van der Waals surface area contributed by atoms with Gasteiger partial charge in [-0.25, -0.2) is 21.6 Å². The molecular formula is C23H20F3N3O4S. The molecule has 1 aliphatic carbocycles. The lowest BCUT2D eigenvalue weighted by atomic mass is 9.93. The van der Waals surface area contributed by atoms with Gasteiger partial charge in [-0.05, 0) is 61.3 Å². The second kappa shape index (κ2) is 8.64. The molecule has 2 N–H and O–H groups in total. The predicted octanol–water partition coefficient (Wildman–Crippen LogP) is 4.72. The van der Waals surface area contributed by atoms with E-state index in [0.29, 0.717) is 11.8 Å². The molecule has 34 heavy (non-hydrogen) atoms. The highest BCUT2D eigenvalue weighted by Crippen LogP contribution is 2.44. The van der Waals surface area contributed by atoms with Crippen LogP contribution in [-0.4, -0.2) is 34.8 Å². The van der Waals surface area contributed by atoms with Crippen LogP contribution in [0.2, 0.25) is 0 Å². The van der Waals surface area contributed by atoms with Gasteiger partial charge < -0.3 is 10.4 Å². The molecule has 11 heteroatoms. The highest BCUT2D eigenvalue weighted by Gasteiger charge is 2.43. The number of carboxylic acids is 1. The Morgan fingerprint density at radius 1 is 1.18 bits per heavy atom. The van der Waals surface area contributed by atoms with E-state index in [0.717, 1.165) is 28.1 Å². The number of anilines is 2. The molecule has 7 nitrogen and oxygen atoms in total. The van der Waals surface area contributed by atoms with Gasteiger partial charge in [0.05, 0.1) is 30.0 Å². The standard InChI is InChI=1S/C23H20F3N3O4S/c1-12-5-15(11-27-10-12)28-20-8-19(26)22(9-18(20)25)34(32,33)29-13(2)16(7-23(30)31)17-6-14(24)3-4-21(17)29/h3,5-6,8-11,21,28H,4,7H2,1-2H3,(H,30,31). The van der Waals surface area contributed by atoms with Gasteiger partial charge in [-0.3, -0.25) is 14.1 Å². The van der Waals surface area contributed by atoms with Crippen molar-refractivity contribution in [2.24, 2.45) is 0 Å². The molecule has 1 atom stereocenters. The monoisotopic (exact) mass is 491 g/mol. The molecule has 0 saturated carbocycles. The minimum Gasteiger partial charge on any atom is -0.481 e. The first-order valence-electron chi connectivity index (χ1n) is 10.2. The summed E-state index contributed by atoms with van der Waals surface area (Å²) in [5.74, 6) is -4.08. The van der Waals surface area contributed by atoms with Crippen LogP contribution in [0.1, 0.15) is 25.3 Å². The fraction of sp³-hybridized carbons (Fsp3) is 0.217. The van der Waals surface area contributed by atoms with Crippen molar-refractivity contribution < 1.29 is 31.5 Å². The molecule has 0 spiro atoms. The zero-order chi connectivity index (χ0) is 24.8. The summed E-state index contributed by atoms with van der Waals surface area (Å²) in [6.45, 7) is 3.13. The highest BCUT2D eigenvalue weighted by atomic mass is 32.2. The molecule has 2 aliphatic rings. The van der Waals surface area contributed by atoms with Crippen LogP contribution in [0.5, 0.6) is 0 Å². The van der Waals surface area contributed by atoms with Crippen molar-refractivity contribution in [3.05, 3.63) is 82.6 Å². The molecule has 0 saturated heterocycles. The number of fused-ring (bicyclic) bond motifs is 1. The number of nitrogens with zero attached hydrogens (tertiary/aromatic N) is 2. The molecule has 4 rings (SSSR count). The molecule has 0 amide bonds. The molecule has 1 aromatic heterocycles. The van der Waals surface area contributed by atoms with Crippen molar-refractivity contribution >= 4 is 27.4 Å². The number of rotatable bonds is 6. The molecule has 178 valence electrons. The van der Waals surface area contributed by atoms with E-state index in [2.05, 4.69) is 10.3 Å². The molecule has 1 unspecified atom stereocenters. The number of nitrogens with one attached hydrogen (secondary N) is 1. The number of aryl methyl sites for hydroxylation is 1. The number of benzene rings is 1. The summed E-state index contributed by atoms with van der Waals surface area (Å²) in [4.78, 5) is 14.4. The van der Waals surface area contributed by atoms with E-state index in [-0.39, 0.29) is 29.0 Å². The van der Waals surface area contributed by atoms with E-state index in [1.165, 1.54) is 13.1 Å². The van der Waals surface area contributed by atoms with E-state index in [4.69, 9.17) is 0 Å². The predicted molar refractivity (Wildman–Crippen MR) is 118 cm³/mol. The van der Waals surface area contributed by atoms with Gasteiger partial charge in [-0.2, -0.15) is 0 Å². The van der Waals surface area contributed by atoms with E-state index >= 15 is 4.39 Å². The second-order valence-electron chi connectivity index (χ2n) is 8.01. The SMILES string of the molecule is CC1=C(CC(=O)O)C2=CC(F)=CCC2N1S(=O)(=O)c1cc(F)c(Nc2cncc(C)c2)cc1F. The Kier molecular flexibility index (Phi) is 5.98. The Labute approximate surface area is 194 Å². The summed E-state index contributed by atoms with van der Waals surface area (Å²) in [5.41, 5.74) is 1.21. The van der Waals surface area contributed by atoms with Gasteiger partial charge in [-0.15, -0.1) is 0 Å². The fourth-order valence-corrected chi connectivity index (χ4v) is 5.95. The summed E-state index contributed by atoms with van der Waals surface area (Å²) in [6, 6.07) is 1.99. The lowest BCUT2D eigenvalue weighted by Gasteiger charge is -2.29. The van der Waals surface area contributed by atoms with Crippen LogP contribution in [-0.2, 0) is 14.8 Å². The van der Waals surface area contributed by atoms with Crippen LogP contribution >= 0.6 is 0 Å². The lowest BCUT2D eigenvalue weighted by Crippen LogP contribution is -2.37. The number of hydrogen-bond acceptors (Lipinski definition) is 5. The number of carbonyl (C=O) groups is 1. The summed E-state index contributed by atoms with van der Waals surface area (Å²) in [6.07, 6.45) is 4.59. The summed E-state index contributed by atoms with van der Waals surface area (Å²) in [7, 11) is -4.66. The third kappa shape index (κ3) is 4.18. The third-order valence-corrected chi connectivity index (χ3v) is 7.54. The van der Waals surface area contributed by atoms with Crippen LogP contribution in [0.3, 0.4) is 0 Å². The lowest BCUT2D eigenvalue weighted by molar-refractivity contribution is -0.136. The molecule has 1 aliphatic heterocycles. The first kappa shape index (κ1) is 23.6. The average Bonchev–Trinajstić information content (AvgIpc) is 3.01. The zero-order valence-electron chi connectivity index (χ0n) is 18.1. The molecule has 0 radical (unpaired) electrons. The number of pyridine rings is 1.